The second-order valence-electron chi connectivity index (χ2n) is 6.88. The summed E-state index contributed by atoms with van der Waals surface area (Å²) in [6.45, 7) is 2.06. The van der Waals surface area contributed by atoms with E-state index in [9.17, 15) is 18.4 Å². The zero-order valence-electron chi connectivity index (χ0n) is 17.4. The van der Waals surface area contributed by atoms with Gasteiger partial charge in [-0.15, -0.1) is 0 Å². The van der Waals surface area contributed by atoms with Gasteiger partial charge in [0.1, 0.15) is 11.6 Å². The first-order valence-electron chi connectivity index (χ1n) is 9.96. The van der Waals surface area contributed by atoms with E-state index < -0.39 is 23.6 Å². The summed E-state index contributed by atoms with van der Waals surface area (Å²) in [6, 6.07) is 15.2. The van der Waals surface area contributed by atoms with Gasteiger partial charge < -0.3 is 14.2 Å². The number of hydrogen-bond acceptors (Lipinski definition) is 6. The van der Waals surface area contributed by atoms with Crippen LogP contribution in [0, 0.1) is 11.6 Å². The van der Waals surface area contributed by atoms with Crippen LogP contribution in [0.5, 0.6) is 11.5 Å². The van der Waals surface area contributed by atoms with Gasteiger partial charge in [0.05, 0.1) is 12.2 Å². The van der Waals surface area contributed by atoms with E-state index in [0.717, 1.165) is 12.1 Å². The molecule has 0 N–H and O–H groups in total. The highest BCUT2D eigenvalue weighted by Crippen LogP contribution is 2.31. The number of halogens is 2. The lowest BCUT2D eigenvalue weighted by molar-refractivity contribution is -0.129. The second-order valence-corrected chi connectivity index (χ2v) is 6.88. The Hall–Kier alpha value is -4.33. The van der Waals surface area contributed by atoms with E-state index in [0.29, 0.717) is 17.7 Å². The van der Waals surface area contributed by atoms with Gasteiger partial charge in [0.15, 0.2) is 17.2 Å². The molecular weight excluding hydrogens is 432 g/mol. The number of aliphatic imine (C=N–C) groups is 1. The highest BCUT2D eigenvalue weighted by molar-refractivity contribution is 6.12. The molecule has 0 radical (unpaired) electrons. The fraction of sp³-hybridized carbons (Fsp3) is 0.0800. The number of hydrogen-bond donors (Lipinski definition) is 0. The number of nitrogens with zero attached hydrogens (tertiary/aromatic N) is 1. The first kappa shape index (κ1) is 21.9. The molecule has 0 saturated carbocycles. The molecule has 3 aromatic carbocycles. The van der Waals surface area contributed by atoms with Gasteiger partial charge in [-0.05, 0) is 73.2 Å². The number of benzene rings is 3. The van der Waals surface area contributed by atoms with Gasteiger partial charge in [0.25, 0.3) is 0 Å². The van der Waals surface area contributed by atoms with E-state index >= 15 is 0 Å². The van der Waals surface area contributed by atoms with Gasteiger partial charge in [-0.3, -0.25) is 0 Å². The van der Waals surface area contributed by atoms with Crippen LogP contribution in [0.15, 0.2) is 77.4 Å². The van der Waals surface area contributed by atoms with Crippen molar-refractivity contribution >= 4 is 23.9 Å². The van der Waals surface area contributed by atoms with Crippen molar-refractivity contribution in [2.75, 3.05) is 6.61 Å². The van der Waals surface area contributed by atoms with Gasteiger partial charge in [0.2, 0.25) is 5.90 Å². The molecule has 0 spiro atoms. The van der Waals surface area contributed by atoms with Crippen molar-refractivity contribution in [3.8, 4) is 11.5 Å². The number of esters is 2. The summed E-state index contributed by atoms with van der Waals surface area (Å²) in [4.78, 5) is 28.7. The highest BCUT2D eigenvalue weighted by Gasteiger charge is 2.24. The van der Waals surface area contributed by atoms with E-state index in [-0.39, 0.29) is 28.7 Å². The van der Waals surface area contributed by atoms with Gasteiger partial charge in [0, 0.05) is 5.56 Å². The summed E-state index contributed by atoms with van der Waals surface area (Å²) in [5.74, 6) is -1.87. The molecule has 0 atom stereocenters. The van der Waals surface area contributed by atoms with Crippen LogP contribution in [0.2, 0.25) is 0 Å². The van der Waals surface area contributed by atoms with Gasteiger partial charge >= 0.3 is 11.9 Å². The summed E-state index contributed by atoms with van der Waals surface area (Å²) in [5.41, 5.74) is 1.08. The number of carbonyl (C=O) groups is 2. The van der Waals surface area contributed by atoms with Crippen LogP contribution in [0.3, 0.4) is 0 Å². The van der Waals surface area contributed by atoms with E-state index in [1.807, 2.05) is 0 Å². The molecular formula is C25H17F2NO5. The van der Waals surface area contributed by atoms with Crippen LogP contribution < -0.4 is 9.47 Å². The minimum absolute atomic E-state index is 0.000583. The van der Waals surface area contributed by atoms with E-state index in [2.05, 4.69) is 4.99 Å². The molecule has 0 fully saturated rings. The van der Waals surface area contributed by atoms with Crippen LogP contribution in [0.4, 0.5) is 8.78 Å². The van der Waals surface area contributed by atoms with Crippen LogP contribution in [-0.2, 0) is 9.53 Å². The molecule has 1 heterocycles. The Labute approximate surface area is 187 Å². The lowest BCUT2D eigenvalue weighted by Crippen LogP contribution is -2.09. The topological polar surface area (TPSA) is 74.2 Å². The molecule has 1 aliphatic rings. The largest absolute Gasteiger partial charge is 0.490 e. The van der Waals surface area contributed by atoms with Crippen LogP contribution >= 0.6 is 0 Å². The van der Waals surface area contributed by atoms with Crippen molar-refractivity contribution in [2.24, 2.45) is 4.99 Å². The van der Waals surface area contributed by atoms with Crippen LogP contribution in [0.25, 0.3) is 6.08 Å². The molecule has 3 aromatic rings. The molecule has 0 amide bonds. The smallest absolute Gasteiger partial charge is 0.363 e. The van der Waals surface area contributed by atoms with Crippen LogP contribution in [0.1, 0.15) is 28.4 Å². The zero-order valence-corrected chi connectivity index (χ0v) is 17.4. The van der Waals surface area contributed by atoms with Crippen molar-refractivity contribution in [1.82, 2.24) is 0 Å². The fourth-order valence-electron chi connectivity index (χ4n) is 3.02. The van der Waals surface area contributed by atoms with E-state index in [1.165, 1.54) is 42.5 Å². The molecule has 0 aliphatic carbocycles. The van der Waals surface area contributed by atoms with Gasteiger partial charge in [-0.1, -0.05) is 12.1 Å². The molecule has 0 saturated heterocycles. The predicted molar refractivity (Wildman–Crippen MR) is 116 cm³/mol. The molecule has 0 unspecified atom stereocenters. The molecule has 6 nitrogen and oxygen atoms in total. The van der Waals surface area contributed by atoms with E-state index in [4.69, 9.17) is 14.2 Å². The zero-order chi connectivity index (χ0) is 23.4. The maximum absolute atomic E-state index is 13.5. The Bertz CT molecular complexity index is 1280. The molecule has 0 bridgehead atoms. The minimum Gasteiger partial charge on any atom is -0.490 e. The third-order valence-electron chi connectivity index (χ3n) is 4.55. The maximum Gasteiger partial charge on any atom is 0.363 e. The van der Waals surface area contributed by atoms with E-state index in [1.54, 1.807) is 25.1 Å². The quantitative estimate of drug-likeness (QED) is 0.303. The van der Waals surface area contributed by atoms with Crippen molar-refractivity contribution in [1.29, 1.82) is 0 Å². The second kappa shape index (κ2) is 9.44. The maximum atomic E-state index is 13.5. The molecule has 166 valence electrons. The summed E-state index contributed by atoms with van der Waals surface area (Å²) in [7, 11) is 0. The molecule has 4 rings (SSSR count). The molecule has 1 aliphatic heterocycles. The van der Waals surface area contributed by atoms with Gasteiger partial charge in [-0.2, -0.15) is 0 Å². The Morgan fingerprint density at radius 3 is 2.52 bits per heavy atom. The Balaban J connectivity index is 1.59. The molecule has 8 heteroatoms. The molecule has 0 aromatic heterocycles. The number of ether oxygens (including phenoxy) is 3. The summed E-state index contributed by atoms with van der Waals surface area (Å²) < 4.78 is 42.6. The average molecular weight is 449 g/mol. The third kappa shape index (κ3) is 5.12. The first-order valence-corrected chi connectivity index (χ1v) is 9.96. The number of cyclic esters (lactones) is 1. The Kier molecular flexibility index (Phi) is 6.26. The van der Waals surface area contributed by atoms with Crippen molar-refractivity contribution in [3.05, 3.63) is 101 Å². The van der Waals surface area contributed by atoms with Crippen LogP contribution in [-0.4, -0.2) is 24.4 Å². The number of carbonyl (C=O) groups excluding carboxylic acids is 2. The normalized spacial score (nSPS) is 14.1. The van der Waals surface area contributed by atoms with Gasteiger partial charge in [-0.25, -0.2) is 23.4 Å². The fourth-order valence-corrected chi connectivity index (χ4v) is 3.02. The first-order chi connectivity index (χ1) is 15.9. The summed E-state index contributed by atoms with van der Waals surface area (Å²) in [5, 5.41) is 0. The van der Waals surface area contributed by atoms with Crippen molar-refractivity contribution in [3.63, 3.8) is 0 Å². The third-order valence-corrected chi connectivity index (χ3v) is 4.55. The highest BCUT2D eigenvalue weighted by atomic mass is 19.1. The van der Waals surface area contributed by atoms with Crippen molar-refractivity contribution in [2.45, 2.75) is 6.92 Å². The predicted octanol–water partition coefficient (Wildman–Crippen LogP) is 4.93. The summed E-state index contributed by atoms with van der Waals surface area (Å²) >= 11 is 0. The molecule has 33 heavy (non-hydrogen) atoms. The Morgan fingerprint density at radius 2 is 1.79 bits per heavy atom. The number of rotatable bonds is 6. The Morgan fingerprint density at radius 1 is 1.00 bits per heavy atom. The lowest BCUT2D eigenvalue weighted by Gasteiger charge is -2.11. The lowest BCUT2D eigenvalue weighted by atomic mass is 10.1. The standard InChI is InChI=1S/C25H17F2NO5/c1-2-31-22-13-15(6-11-21(22)32-24(29)16-7-9-18(26)10-8-16)12-20-25(30)33-23(28-20)17-4-3-5-19(27)14-17/h3-14H,2H2,1H3/b20-12+. The monoisotopic (exact) mass is 449 g/mol. The van der Waals surface area contributed by atoms with Crippen molar-refractivity contribution < 1.29 is 32.6 Å². The SMILES string of the molecule is CCOc1cc(/C=C2/N=C(c3cccc(F)c3)OC2=O)ccc1OC(=O)c1ccc(F)cc1. The average Bonchev–Trinajstić information content (AvgIpc) is 3.16. The minimum atomic E-state index is -0.681. The summed E-state index contributed by atoms with van der Waals surface area (Å²) in [6.07, 6.45) is 1.47.